The fourth-order valence-corrected chi connectivity index (χ4v) is 2.09. The highest BCUT2D eigenvalue weighted by atomic mass is 79.9. The van der Waals surface area contributed by atoms with Crippen molar-refractivity contribution in [3.63, 3.8) is 0 Å². The number of rotatable bonds is 3. The van der Waals surface area contributed by atoms with Gasteiger partial charge in [0, 0.05) is 10.0 Å². The Morgan fingerprint density at radius 3 is 2.62 bits per heavy atom. The molecule has 0 aromatic heterocycles. The van der Waals surface area contributed by atoms with Crippen LogP contribution in [0.25, 0.3) is 0 Å². The highest BCUT2D eigenvalue weighted by Crippen LogP contribution is 2.22. The molecule has 0 saturated heterocycles. The number of benzene rings is 2. The van der Waals surface area contributed by atoms with Crippen LogP contribution >= 0.6 is 15.9 Å². The van der Waals surface area contributed by atoms with Gasteiger partial charge in [0.15, 0.2) is 5.84 Å². The normalized spacial score (nSPS) is 11.2. The minimum atomic E-state index is -0.627. The number of oxime groups is 1. The van der Waals surface area contributed by atoms with Crippen LogP contribution in [-0.4, -0.2) is 17.0 Å². The molecule has 108 valence electrons. The molecule has 0 heterocycles. The second-order valence-electron chi connectivity index (χ2n) is 4.11. The molecule has 0 spiro atoms. The van der Waals surface area contributed by atoms with Crippen molar-refractivity contribution in [2.75, 3.05) is 5.32 Å². The zero-order chi connectivity index (χ0) is 15.4. The molecule has 0 aliphatic carbocycles. The smallest absolute Gasteiger partial charge is 0.258 e. The summed E-state index contributed by atoms with van der Waals surface area (Å²) < 4.78 is 14.3. The van der Waals surface area contributed by atoms with Crippen molar-refractivity contribution < 1.29 is 14.4 Å². The molecule has 0 atom stereocenters. The molecule has 2 aromatic rings. The van der Waals surface area contributed by atoms with Crippen LogP contribution < -0.4 is 11.1 Å². The molecule has 21 heavy (non-hydrogen) atoms. The quantitative estimate of drug-likeness (QED) is 0.344. The third-order valence-electron chi connectivity index (χ3n) is 2.73. The molecule has 0 radical (unpaired) electrons. The van der Waals surface area contributed by atoms with Crippen LogP contribution in [0, 0.1) is 5.82 Å². The maximum Gasteiger partial charge on any atom is 0.258 e. The van der Waals surface area contributed by atoms with Gasteiger partial charge in [-0.25, -0.2) is 4.39 Å². The van der Waals surface area contributed by atoms with E-state index in [1.54, 1.807) is 24.3 Å². The Labute approximate surface area is 128 Å². The predicted molar refractivity (Wildman–Crippen MR) is 81.0 cm³/mol. The lowest BCUT2D eigenvalue weighted by molar-refractivity contribution is 0.102. The van der Waals surface area contributed by atoms with Gasteiger partial charge in [0.25, 0.3) is 5.91 Å². The number of hydrogen-bond donors (Lipinski definition) is 3. The molecule has 2 rings (SSSR count). The number of amidine groups is 1. The van der Waals surface area contributed by atoms with Crippen molar-refractivity contribution in [3.05, 3.63) is 63.9 Å². The van der Waals surface area contributed by atoms with Crippen LogP contribution in [0.2, 0.25) is 0 Å². The van der Waals surface area contributed by atoms with E-state index in [9.17, 15) is 9.18 Å². The third kappa shape index (κ3) is 3.38. The van der Waals surface area contributed by atoms with Gasteiger partial charge < -0.3 is 16.3 Å². The van der Waals surface area contributed by atoms with E-state index in [-0.39, 0.29) is 11.4 Å². The van der Waals surface area contributed by atoms with Crippen LogP contribution in [0.3, 0.4) is 0 Å². The van der Waals surface area contributed by atoms with E-state index in [1.165, 1.54) is 18.2 Å². The maximum atomic E-state index is 13.6. The molecule has 1 amide bonds. The summed E-state index contributed by atoms with van der Waals surface area (Å²) in [7, 11) is 0. The Morgan fingerprint density at radius 2 is 1.95 bits per heavy atom. The van der Waals surface area contributed by atoms with E-state index < -0.39 is 11.7 Å². The monoisotopic (exact) mass is 351 g/mol. The van der Waals surface area contributed by atoms with Crippen LogP contribution in [0.1, 0.15) is 15.9 Å². The summed E-state index contributed by atoms with van der Waals surface area (Å²) in [6, 6.07) is 10.4. The number of anilines is 1. The van der Waals surface area contributed by atoms with Gasteiger partial charge in [0.05, 0.1) is 11.3 Å². The van der Waals surface area contributed by atoms with Crippen molar-refractivity contribution in [1.82, 2.24) is 0 Å². The fourth-order valence-electron chi connectivity index (χ4n) is 1.73. The number of nitrogens with one attached hydrogen (secondary N) is 1. The van der Waals surface area contributed by atoms with Gasteiger partial charge in [-0.15, -0.1) is 0 Å². The minimum absolute atomic E-state index is 0.0918. The van der Waals surface area contributed by atoms with Crippen molar-refractivity contribution in [1.29, 1.82) is 0 Å². The third-order valence-corrected chi connectivity index (χ3v) is 3.23. The molecule has 0 aliphatic rings. The molecule has 2 aromatic carbocycles. The number of amides is 1. The largest absolute Gasteiger partial charge is 0.409 e. The molecular weight excluding hydrogens is 341 g/mol. The zero-order valence-corrected chi connectivity index (χ0v) is 12.3. The molecular formula is C14H11BrFN3O2. The number of carbonyl (C=O) groups excluding carboxylic acids is 1. The standard InChI is InChI=1S/C14H11BrFN3O2/c15-8-5-6-12(10(7-8)13(17)19-21)18-14(20)9-3-1-2-4-11(9)16/h1-7,21H,(H2,17,19)(H,18,20). The molecule has 0 saturated carbocycles. The number of hydrogen-bond acceptors (Lipinski definition) is 3. The number of halogens is 2. The highest BCUT2D eigenvalue weighted by molar-refractivity contribution is 9.10. The van der Waals surface area contributed by atoms with Gasteiger partial charge in [-0.2, -0.15) is 0 Å². The second kappa shape index (κ2) is 6.36. The van der Waals surface area contributed by atoms with Crippen LogP contribution in [0.4, 0.5) is 10.1 Å². The van der Waals surface area contributed by atoms with Gasteiger partial charge in [-0.3, -0.25) is 4.79 Å². The van der Waals surface area contributed by atoms with E-state index in [1.807, 2.05) is 0 Å². The Kier molecular flexibility index (Phi) is 4.54. The van der Waals surface area contributed by atoms with Crippen LogP contribution in [0.5, 0.6) is 0 Å². The Morgan fingerprint density at radius 1 is 1.24 bits per heavy atom. The lowest BCUT2D eigenvalue weighted by Gasteiger charge is -2.11. The van der Waals surface area contributed by atoms with Gasteiger partial charge in [0.1, 0.15) is 5.82 Å². The Bertz CT molecular complexity index is 719. The molecule has 4 N–H and O–H groups in total. The van der Waals surface area contributed by atoms with E-state index in [4.69, 9.17) is 10.9 Å². The Balaban J connectivity index is 2.36. The zero-order valence-electron chi connectivity index (χ0n) is 10.7. The summed E-state index contributed by atoms with van der Waals surface area (Å²) in [4.78, 5) is 12.1. The Hall–Kier alpha value is -2.41. The van der Waals surface area contributed by atoms with Crippen LogP contribution in [-0.2, 0) is 0 Å². The number of nitrogens with zero attached hydrogens (tertiary/aromatic N) is 1. The lowest BCUT2D eigenvalue weighted by atomic mass is 10.1. The minimum Gasteiger partial charge on any atom is -0.409 e. The van der Waals surface area contributed by atoms with E-state index in [0.29, 0.717) is 15.7 Å². The topological polar surface area (TPSA) is 87.7 Å². The molecule has 5 nitrogen and oxygen atoms in total. The van der Waals surface area contributed by atoms with Gasteiger partial charge in [-0.05, 0) is 30.3 Å². The average Bonchev–Trinajstić information content (AvgIpc) is 2.48. The fraction of sp³-hybridized carbons (Fsp3) is 0. The molecule has 0 fully saturated rings. The van der Waals surface area contributed by atoms with Crippen molar-refractivity contribution in [2.24, 2.45) is 10.9 Å². The SMILES string of the molecule is N/C(=N/O)c1cc(Br)ccc1NC(=O)c1ccccc1F. The van der Waals surface area contributed by atoms with Crippen molar-refractivity contribution in [2.45, 2.75) is 0 Å². The molecule has 0 aliphatic heterocycles. The summed E-state index contributed by atoms with van der Waals surface area (Å²) in [6.45, 7) is 0. The first-order valence-electron chi connectivity index (χ1n) is 5.86. The highest BCUT2D eigenvalue weighted by Gasteiger charge is 2.14. The average molecular weight is 352 g/mol. The first-order valence-corrected chi connectivity index (χ1v) is 6.65. The van der Waals surface area contributed by atoms with E-state index >= 15 is 0 Å². The van der Waals surface area contributed by atoms with E-state index in [0.717, 1.165) is 0 Å². The summed E-state index contributed by atoms with van der Waals surface area (Å²) in [5.74, 6) is -1.42. The predicted octanol–water partition coefficient (Wildman–Crippen LogP) is 2.94. The summed E-state index contributed by atoms with van der Waals surface area (Å²) in [6.07, 6.45) is 0. The molecule has 7 heteroatoms. The summed E-state index contributed by atoms with van der Waals surface area (Å²) >= 11 is 3.25. The van der Waals surface area contributed by atoms with Gasteiger partial charge in [-0.1, -0.05) is 33.2 Å². The van der Waals surface area contributed by atoms with Crippen molar-refractivity contribution in [3.8, 4) is 0 Å². The first-order chi connectivity index (χ1) is 10.0. The number of nitrogens with two attached hydrogens (primary N) is 1. The van der Waals surface area contributed by atoms with E-state index in [2.05, 4.69) is 26.4 Å². The summed E-state index contributed by atoms with van der Waals surface area (Å²) in [5.41, 5.74) is 6.09. The van der Waals surface area contributed by atoms with Gasteiger partial charge >= 0.3 is 0 Å². The van der Waals surface area contributed by atoms with Crippen molar-refractivity contribution >= 4 is 33.4 Å². The number of carbonyl (C=O) groups is 1. The van der Waals surface area contributed by atoms with Gasteiger partial charge in [0.2, 0.25) is 0 Å². The first kappa shape index (κ1) is 15.0. The lowest BCUT2D eigenvalue weighted by Crippen LogP contribution is -2.19. The summed E-state index contributed by atoms with van der Waals surface area (Å²) in [5, 5.41) is 14.2. The molecule has 0 unspecified atom stereocenters. The molecule has 0 bridgehead atoms. The second-order valence-corrected chi connectivity index (χ2v) is 5.02. The maximum absolute atomic E-state index is 13.6. The van der Waals surface area contributed by atoms with Crippen LogP contribution in [0.15, 0.2) is 52.1 Å².